The van der Waals surface area contributed by atoms with Crippen LogP contribution in [0.1, 0.15) is 11.7 Å². The van der Waals surface area contributed by atoms with Gasteiger partial charge < -0.3 is 29.5 Å². The first-order valence-electron chi connectivity index (χ1n) is 7.79. The fraction of sp³-hybridized carbons (Fsp3) is 0.294. The SMILES string of the molecule is OC[C@H]1O[C@@H](c2c(Cl)c(Cl)cc3[nH]c(Cl)c(-c4ccco4)c23)[C@H](O)[C@@H]1O. The van der Waals surface area contributed by atoms with Gasteiger partial charge >= 0.3 is 0 Å². The summed E-state index contributed by atoms with van der Waals surface area (Å²) in [5.74, 6) is 0.493. The van der Waals surface area contributed by atoms with Crippen LogP contribution in [0.2, 0.25) is 15.2 Å². The number of hydrogen-bond donors (Lipinski definition) is 4. The van der Waals surface area contributed by atoms with Crippen LogP contribution < -0.4 is 0 Å². The Morgan fingerprint density at radius 3 is 2.54 bits per heavy atom. The number of ether oxygens (including phenoxy) is 1. The van der Waals surface area contributed by atoms with Crippen molar-refractivity contribution >= 4 is 45.7 Å². The molecule has 1 fully saturated rings. The van der Waals surface area contributed by atoms with Crippen molar-refractivity contribution < 1.29 is 24.5 Å². The number of fused-ring (bicyclic) bond motifs is 1. The van der Waals surface area contributed by atoms with E-state index in [0.29, 0.717) is 32.9 Å². The molecule has 0 amide bonds. The Kier molecular flexibility index (Phi) is 4.69. The van der Waals surface area contributed by atoms with Crippen molar-refractivity contribution in [3.8, 4) is 11.3 Å². The minimum atomic E-state index is -1.30. The van der Waals surface area contributed by atoms with Gasteiger partial charge in [0.25, 0.3) is 0 Å². The van der Waals surface area contributed by atoms with E-state index < -0.39 is 31.0 Å². The van der Waals surface area contributed by atoms with Gasteiger partial charge in [0.15, 0.2) is 0 Å². The zero-order chi connectivity index (χ0) is 18.6. The average molecular weight is 419 g/mol. The fourth-order valence-electron chi connectivity index (χ4n) is 3.36. The third-order valence-electron chi connectivity index (χ3n) is 4.56. The predicted molar refractivity (Wildman–Crippen MR) is 97.7 cm³/mol. The summed E-state index contributed by atoms with van der Waals surface area (Å²) in [6.45, 7) is -0.449. The Labute approximate surface area is 162 Å². The highest BCUT2D eigenvalue weighted by Gasteiger charge is 2.45. The first kappa shape index (κ1) is 18.1. The minimum absolute atomic E-state index is 0.164. The lowest BCUT2D eigenvalue weighted by molar-refractivity contribution is -0.0223. The lowest BCUT2D eigenvalue weighted by Gasteiger charge is -2.19. The molecule has 26 heavy (non-hydrogen) atoms. The highest BCUT2D eigenvalue weighted by atomic mass is 35.5. The third kappa shape index (κ3) is 2.65. The van der Waals surface area contributed by atoms with E-state index in [1.54, 1.807) is 18.2 Å². The van der Waals surface area contributed by atoms with Gasteiger partial charge in [-0.2, -0.15) is 0 Å². The summed E-state index contributed by atoms with van der Waals surface area (Å²) in [6.07, 6.45) is -3.01. The predicted octanol–water partition coefficient (Wildman–Crippen LogP) is 3.54. The summed E-state index contributed by atoms with van der Waals surface area (Å²) >= 11 is 19.1. The molecule has 3 aromatic rings. The Bertz CT molecular complexity index is 955. The average Bonchev–Trinajstić information content (AvgIpc) is 3.30. The quantitative estimate of drug-likeness (QED) is 0.521. The number of furan rings is 1. The summed E-state index contributed by atoms with van der Waals surface area (Å²) < 4.78 is 11.1. The first-order chi connectivity index (χ1) is 12.4. The van der Waals surface area contributed by atoms with E-state index in [1.165, 1.54) is 6.26 Å². The largest absolute Gasteiger partial charge is 0.464 e. The molecular weight excluding hydrogens is 405 g/mol. The summed E-state index contributed by atoms with van der Waals surface area (Å²) in [6, 6.07) is 5.06. The van der Waals surface area contributed by atoms with E-state index in [2.05, 4.69) is 4.98 Å². The second-order valence-corrected chi connectivity index (χ2v) is 7.22. The highest BCUT2D eigenvalue weighted by molar-refractivity contribution is 6.44. The molecule has 0 saturated carbocycles. The van der Waals surface area contributed by atoms with Gasteiger partial charge in [-0.15, -0.1) is 0 Å². The molecule has 1 aliphatic heterocycles. The van der Waals surface area contributed by atoms with Crippen molar-refractivity contribution in [1.82, 2.24) is 4.98 Å². The van der Waals surface area contributed by atoms with Crippen molar-refractivity contribution in [3.63, 3.8) is 0 Å². The minimum Gasteiger partial charge on any atom is -0.464 e. The summed E-state index contributed by atoms with van der Waals surface area (Å²) in [5.41, 5.74) is 1.48. The molecule has 0 aliphatic carbocycles. The van der Waals surface area contributed by atoms with Gasteiger partial charge in [0.2, 0.25) is 0 Å². The highest BCUT2D eigenvalue weighted by Crippen LogP contribution is 2.48. The number of H-pyrrole nitrogens is 1. The van der Waals surface area contributed by atoms with Crippen LogP contribution in [0, 0.1) is 0 Å². The molecular formula is C17H14Cl3NO5. The maximum absolute atomic E-state index is 10.5. The van der Waals surface area contributed by atoms with Crippen LogP contribution in [0.25, 0.3) is 22.2 Å². The maximum atomic E-state index is 10.5. The van der Waals surface area contributed by atoms with E-state index in [0.717, 1.165) is 0 Å². The van der Waals surface area contributed by atoms with Crippen LogP contribution in [0.4, 0.5) is 0 Å². The number of hydrogen-bond acceptors (Lipinski definition) is 5. The molecule has 1 saturated heterocycles. The van der Waals surface area contributed by atoms with Crippen LogP contribution in [-0.2, 0) is 4.74 Å². The van der Waals surface area contributed by atoms with E-state index in [-0.39, 0.29) is 10.0 Å². The van der Waals surface area contributed by atoms with Gasteiger partial charge in [0.05, 0.1) is 28.5 Å². The van der Waals surface area contributed by atoms with Crippen molar-refractivity contribution in [3.05, 3.63) is 45.2 Å². The van der Waals surface area contributed by atoms with Crippen molar-refractivity contribution in [2.45, 2.75) is 24.4 Å². The van der Waals surface area contributed by atoms with Gasteiger partial charge in [-0.25, -0.2) is 0 Å². The second kappa shape index (κ2) is 6.73. The van der Waals surface area contributed by atoms with Crippen LogP contribution in [0.3, 0.4) is 0 Å². The van der Waals surface area contributed by atoms with E-state index in [1.807, 2.05) is 0 Å². The lowest BCUT2D eigenvalue weighted by Crippen LogP contribution is -2.32. The second-order valence-electron chi connectivity index (χ2n) is 6.06. The molecule has 4 N–H and O–H groups in total. The molecule has 3 heterocycles. The zero-order valence-corrected chi connectivity index (χ0v) is 15.4. The van der Waals surface area contributed by atoms with E-state index in [9.17, 15) is 15.3 Å². The van der Waals surface area contributed by atoms with Crippen molar-refractivity contribution in [1.29, 1.82) is 0 Å². The summed E-state index contributed by atoms with van der Waals surface area (Å²) in [7, 11) is 0. The van der Waals surface area contributed by atoms with Crippen molar-refractivity contribution in [2.24, 2.45) is 0 Å². The number of halogens is 3. The number of aromatic amines is 1. The normalized spacial score (nSPS) is 26.1. The number of rotatable bonds is 3. The molecule has 0 bridgehead atoms. The topological polar surface area (TPSA) is 98.9 Å². The number of nitrogens with one attached hydrogen (secondary N) is 1. The Morgan fingerprint density at radius 2 is 1.92 bits per heavy atom. The molecule has 4 atom stereocenters. The fourth-order valence-corrected chi connectivity index (χ4v) is 4.12. The summed E-state index contributed by atoms with van der Waals surface area (Å²) in [4.78, 5) is 3.01. The first-order valence-corrected chi connectivity index (χ1v) is 8.92. The van der Waals surface area contributed by atoms with Gasteiger partial charge in [0.1, 0.15) is 35.3 Å². The van der Waals surface area contributed by atoms with Crippen LogP contribution in [-0.4, -0.2) is 45.2 Å². The Morgan fingerprint density at radius 1 is 1.15 bits per heavy atom. The van der Waals surface area contributed by atoms with Crippen molar-refractivity contribution in [2.75, 3.05) is 6.61 Å². The van der Waals surface area contributed by atoms with Gasteiger partial charge in [-0.1, -0.05) is 34.8 Å². The molecule has 0 spiro atoms. The Hall–Kier alpha value is -1.25. The van der Waals surface area contributed by atoms with Crippen LogP contribution in [0.5, 0.6) is 0 Å². The number of aliphatic hydroxyl groups excluding tert-OH is 3. The molecule has 138 valence electrons. The molecule has 0 radical (unpaired) electrons. The molecule has 2 aromatic heterocycles. The molecule has 4 rings (SSSR count). The molecule has 9 heteroatoms. The zero-order valence-electron chi connectivity index (χ0n) is 13.1. The smallest absolute Gasteiger partial charge is 0.137 e. The standard InChI is InChI=1S/C17H14Cl3NO5/c18-6-4-7-10(11(17(20)21-7)8-2-1-3-25-8)12(13(6)19)16-15(24)14(23)9(5-22)26-16/h1-4,9,14-16,21-24H,5H2/t9-,14-,15-,16+/m1/s1. The van der Waals surface area contributed by atoms with Gasteiger partial charge in [-0.05, 0) is 18.2 Å². The van der Waals surface area contributed by atoms with E-state index >= 15 is 0 Å². The Balaban J connectivity index is 2.01. The van der Waals surface area contributed by atoms with Gasteiger partial charge in [0, 0.05) is 16.5 Å². The molecule has 0 unspecified atom stereocenters. The lowest BCUT2D eigenvalue weighted by atomic mass is 9.96. The third-order valence-corrected chi connectivity index (χ3v) is 5.65. The van der Waals surface area contributed by atoms with E-state index in [4.69, 9.17) is 44.0 Å². The number of aliphatic hydroxyl groups is 3. The maximum Gasteiger partial charge on any atom is 0.137 e. The van der Waals surface area contributed by atoms with Crippen LogP contribution in [0.15, 0.2) is 28.9 Å². The molecule has 1 aliphatic rings. The summed E-state index contributed by atoms with van der Waals surface area (Å²) in [5, 5.41) is 31.2. The molecule has 1 aromatic carbocycles. The monoisotopic (exact) mass is 417 g/mol. The number of aromatic nitrogens is 1. The molecule has 6 nitrogen and oxygen atoms in total. The van der Waals surface area contributed by atoms with Crippen LogP contribution >= 0.6 is 34.8 Å². The number of benzene rings is 1. The van der Waals surface area contributed by atoms with Gasteiger partial charge in [-0.3, -0.25) is 0 Å².